The topological polar surface area (TPSA) is 83.9 Å². The van der Waals surface area contributed by atoms with Crippen molar-refractivity contribution in [2.45, 2.75) is 11.8 Å². The Morgan fingerprint density at radius 2 is 2.11 bits per heavy atom. The largest absolute Gasteiger partial charge is 0.497 e. The Labute approximate surface area is 112 Å². The number of ether oxygens (including phenoxy) is 1. The van der Waals surface area contributed by atoms with Crippen LogP contribution in [-0.2, 0) is 14.8 Å². The van der Waals surface area contributed by atoms with Gasteiger partial charge < -0.3 is 9.84 Å². The van der Waals surface area contributed by atoms with Crippen LogP contribution in [0.15, 0.2) is 29.2 Å². The van der Waals surface area contributed by atoms with Crippen LogP contribution in [0.25, 0.3) is 0 Å². The van der Waals surface area contributed by atoms with E-state index >= 15 is 0 Å². The van der Waals surface area contributed by atoms with Gasteiger partial charge in [-0.25, -0.2) is 12.7 Å². The summed E-state index contributed by atoms with van der Waals surface area (Å²) in [6.45, 7) is 1.37. The molecule has 0 heterocycles. The van der Waals surface area contributed by atoms with Gasteiger partial charge in [0.2, 0.25) is 10.0 Å². The van der Waals surface area contributed by atoms with Gasteiger partial charge in [-0.3, -0.25) is 4.79 Å². The average molecular weight is 287 g/mol. The SMILES string of the molecule is COc1cccc(S(=O)(=O)N(C)CC(C)C(=O)O)c1. The van der Waals surface area contributed by atoms with Crippen LogP contribution in [0.3, 0.4) is 0 Å². The fraction of sp³-hybridized carbons (Fsp3) is 0.417. The number of methoxy groups -OCH3 is 1. The maximum absolute atomic E-state index is 12.2. The number of hydrogen-bond donors (Lipinski definition) is 1. The van der Waals surface area contributed by atoms with Gasteiger partial charge in [-0.15, -0.1) is 0 Å². The Kier molecular flexibility index (Phi) is 4.90. The quantitative estimate of drug-likeness (QED) is 0.845. The molecule has 0 aliphatic carbocycles. The second-order valence-electron chi connectivity index (χ2n) is 4.20. The molecular formula is C12H17NO5S. The first-order valence-corrected chi connectivity index (χ1v) is 7.06. The summed E-state index contributed by atoms with van der Waals surface area (Å²) in [5.74, 6) is -1.38. The van der Waals surface area contributed by atoms with Crippen molar-refractivity contribution in [1.29, 1.82) is 0 Å². The number of benzene rings is 1. The van der Waals surface area contributed by atoms with Gasteiger partial charge in [0, 0.05) is 19.7 Å². The van der Waals surface area contributed by atoms with Crippen molar-refractivity contribution >= 4 is 16.0 Å². The van der Waals surface area contributed by atoms with Crippen molar-refractivity contribution in [1.82, 2.24) is 4.31 Å². The predicted molar refractivity (Wildman–Crippen MR) is 69.6 cm³/mol. The highest BCUT2D eigenvalue weighted by Crippen LogP contribution is 2.20. The van der Waals surface area contributed by atoms with E-state index in [4.69, 9.17) is 9.84 Å². The zero-order valence-electron chi connectivity index (χ0n) is 11.0. The number of carboxylic acid groups (broad SMARTS) is 1. The number of rotatable bonds is 6. The molecular weight excluding hydrogens is 270 g/mol. The standard InChI is InChI=1S/C12H17NO5S/c1-9(12(14)15)8-13(2)19(16,17)11-6-4-5-10(7-11)18-3/h4-7,9H,8H2,1-3H3,(H,14,15). The van der Waals surface area contributed by atoms with Gasteiger partial charge in [0.05, 0.1) is 17.9 Å². The molecule has 0 aromatic heterocycles. The van der Waals surface area contributed by atoms with Crippen LogP contribution >= 0.6 is 0 Å². The lowest BCUT2D eigenvalue weighted by Gasteiger charge is -2.19. The van der Waals surface area contributed by atoms with E-state index in [1.807, 2.05) is 0 Å². The summed E-state index contributed by atoms with van der Waals surface area (Å²) in [6.07, 6.45) is 0. The van der Waals surface area contributed by atoms with Crippen molar-refractivity contribution < 1.29 is 23.1 Å². The smallest absolute Gasteiger partial charge is 0.307 e. The Bertz CT molecular complexity index is 555. The van der Waals surface area contributed by atoms with E-state index < -0.39 is 21.9 Å². The molecule has 0 fully saturated rings. The highest BCUT2D eigenvalue weighted by atomic mass is 32.2. The van der Waals surface area contributed by atoms with Crippen LogP contribution in [0, 0.1) is 5.92 Å². The molecule has 1 N–H and O–H groups in total. The molecule has 0 radical (unpaired) electrons. The number of hydrogen-bond acceptors (Lipinski definition) is 4. The monoisotopic (exact) mass is 287 g/mol. The van der Waals surface area contributed by atoms with E-state index in [-0.39, 0.29) is 11.4 Å². The third-order valence-electron chi connectivity index (χ3n) is 2.70. The molecule has 1 aromatic carbocycles. The van der Waals surface area contributed by atoms with Gasteiger partial charge in [0.15, 0.2) is 0 Å². The molecule has 0 aliphatic rings. The molecule has 0 aliphatic heterocycles. The third-order valence-corrected chi connectivity index (χ3v) is 4.52. The highest BCUT2D eigenvalue weighted by molar-refractivity contribution is 7.89. The maximum Gasteiger partial charge on any atom is 0.307 e. The summed E-state index contributed by atoms with van der Waals surface area (Å²) < 4.78 is 30.5. The van der Waals surface area contributed by atoms with E-state index in [1.165, 1.54) is 33.2 Å². The maximum atomic E-state index is 12.2. The number of nitrogens with zero attached hydrogens (tertiary/aromatic N) is 1. The van der Waals surface area contributed by atoms with E-state index in [0.29, 0.717) is 5.75 Å². The number of carbonyl (C=O) groups is 1. The van der Waals surface area contributed by atoms with Crippen molar-refractivity contribution in [2.75, 3.05) is 20.7 Å². The van der Waals surface area contributed by atoms with E-state index in [0.717, 1.165) is 4.31 Å². The molecule has 1 atom stereocenters. The molecule has 1 aromatic rings. The Morgan fingerprint density at radius 3 is 2.63 bits per heavy atom. The zero-order chi connectivity index (χ0) is 14.6. The van der Waals surface area contributed by atoms with Gasteiger partial charge in [-0.2, -0.15) is 0 Å². The molecule has 1 unspecified atom stereocenters. The first-order valence-electron chi connectivity index (χ1n) is 5.62. The Morgan fingerprint density at radius 1 is 1.47 bits per heavy atom. The van der Waals surface area contributed by atoms with E-state index in [1.54, 1.807) is 12.1 Å². The van der Waals surface area contributed by atoms with Crippen molar-refractivity contribution in [3.63, 3.8) is 0 Å². The molecule has 6 nitrogen and oxygen atoms in total. The summed E-state index contributed by atoms with van der Waals surface area (Å²) in [7, 11) is -0.908. The predicted octanol–water partition coefficient (Wildman–Crippen LogP) is 1.04. The van der Waals surface area contributed by atoms with Gasteiger partial charge >= 0.3 is 5.97 Å². The molecule has 0 saturated heterocycles. The minimum atomic E-state index is -3.71. The fourth-order valence-corrected chi connectivity index (χ4v) is 2.80. The lowest BCUT2D eigenvalue weighted by Crippen LogP contribution is -2.33. The lowest BCUT2D eigenvalue weighted by atomic mass is 10.2. The van der Waals surface area contributed by atoms with Crippen LogP contribution < -0.4 is 4.74 Å². The zero-order valence-corrected chi connectivity index (χ0v) is 11.8. The highest BCUT2D eigenvalue weighted by Gasteiger charge is 2.25. The summed E-state index contributed by atoms with van der Waals surface area (Å²) in [4.78, 5) is 10.8. The molecule has 19 heavy (non-hydrogen) atoms. The van der Waals surface area contributed by atoms with Crippen molar-refractivity contribution in [3.05, 3.63) is 24.3 Å². The van der Waals surface area contributed by atoms with Gasteiger partial charge in [0.1, 0.15) is 5.75 Å². The minimum absolute atomic E-state index is 0.0759. The van der Waals surface area contributed by atoms with Gasteiger partial charge in [0.25, 0.3) is 0 Å². The van der Waals surface area contributed by atoms with Crippen molar-refractivity contribution in [3.8, 4) is 5.75 Å². The second-order valence-corrected chi connectivity index (χ2v) is 6.25. The molecule has 1 rings (SSSR count). The van der Waals surface area contributed by atoms with Crippen LogP contribution in [0.4, 0.5) is 0 Å². The van der Waals surface area contributed by atoms with Crippen molar-refractivity contribution in [2.24, 2.45) is 5.92 Å². The Hall–Kier alpha value is -1.60. The van der Waals surface area contributed by atoms with E-state index in [2.05, 4.69) is 0 Å². The molecule has 0 bridgehead atoms. The molecule has 0 amide bonds. The molecule has 106 valence electrons. The van der Waals surface area contributed by atoms with Gasteiger partial charge in [-0.05, 0) is 12.1 Å². The van der Waals surface area contributed by atoms with E-state index in [9.17, 15) is 13.2 Å². The van der Waals surface area contributed by atoms with Crippen LogP contribution in [0.1, 0.15) is 6.92 Å². The summed E-state index contributed by atoms with van der Waals surface area (Å²) >= 11 is 0. The summed E-state index contributed by atoms with van der Waals surface area (Å²) in [5, 5.41) is 8.81. The number of sulfonamides is 1. The molecule has 7 heteroatoms. The summed E-state index contributed by atoms with van der Waals surface area (Å²) in [6, 6.07) is 6.05. The van der Waals surface area contributed by atoms with Crippen LogP contribution in [0.2, 0.25) is 0 Å². The molecule has 0 saturated carbocycles. The number of aliphatic carboxylic acids is 1. The average Bonchev–Trinajstić information content (AvgIpc) is 2.38. The molecule has 0 spiro atoms. The first-order chi connectivity index (χ1) is 8.78. The third kappa shape index (κ3) is 3.68. The minimum Gasteiger partial charge on any atom is -0.497 e. The van der Waals surface area contributed by atoms with Crippen LogP contribution in [-0.4, -0.2) is 44.5 Å². The normalized spacial score (nSPS) is 13.3. The fourth-order valence-electron chi connectivity index (χ4n) is 1.50. The first kappa shape index (κ1) is 15.5. The Balaban J connectivity index is 2.99. The van der Waals surface area contributed by atoms with Crippen LogP contribution in [0.5, 0.6) is 5.75 Å². The number of carboxylic acids is 1. The summed E-state index contributed by atoms with van der Waals surface area (Å²) in [5.41, 5.74) is 0. The second kappa shape index (κ2) is 6.03. The van der Waals surface area contributed by atoms with Gasteiger partial charge in [-0.1, -0.05) is 13.0 Å². The lowest BCUT2D eigenvalue weighted by molar-refractivity contribution is -0.141.